The molecule has 16 heavy (non-hydrogen) atoms. The van der Waals surface area contributed by atoms with Gasteiger partial charge in [0.05, 0.1) is 12.0 Å². The van der Waals surface area contributed by atoms with Gasteiger partial charge in [0.15, 0.2) is 10.8 Å². The molecule has 2 rings (SSSR count). The van der Waals surface area contributed by atoms with Crippen LogP contribution in [0.15, 0.2) is 28.2 Å². The quantitative estimate of drug-likeness (QED) is 0.868. The Morgan fingerprint density at radius 3 is 3.12 bits per heavy atom. The molecule has 0 aromatic carbocycles. The van der Waals surface area contributed by atoms with Crippen LogP contribution in [-0.4, -0.2) is 11.0 Å². The van der Waals surface area contributed by atoms with Gasteiger partial charge in [-0.3, -0.25) is 0 Å². The number of thiazole rings is 1. The van der Waals surface area contributed by atoms with Gasteiger partial charge in [0.25, 0.3) is 0 Å². The van der Waals surface area contributed by atoms with Crippen LogP contribution in [0.4, 0.5) is 0 Å². The van der Waals surface area contributed by atoms with Gasteiger partial charge >= 0.3 is 0 Å². The lowest BCUT2D eigenvalue weighted by atomic mass is 10.1. The molecule has 0 bridgehead atoms. The highest BCUT2D eigenvalue weighted by Crippen LogP contribution is 2.24. The molecule has 0 amide bonds. The molecule has 0 saturated carbocycles. The Balaban J connectivity index is 2.03. The van der Waals surface area contributed by atoms with Crippen LogP contribution in [0.2, 0.25) is 0 Å². The standard InChI is InChI=1S/C12H16N2OS/c1-2-4-9(13)7-10-8-16-12(14-10)11-5-3-6-15-11/h3,5-6,8-9H,2,4,7,13H2,1H3. The average molecular weight is 236 g/mol. The van der Waals surface area contributed by atoms with E-state index in [4.69, 9.17) is 10.2 Å². The second-order valence-corrected chi connectivity index (χ2v) is 4.73. The van der Waals surface area contributed by atoms with E-state index >= 15 is 0 Å². The van der Waals surface area contributed by atoms with Crippen LogP contribution in [-0.2, 0) is 6.42 Å². The van der Waals surface area contributed by atoms with Crippen LogP contribution in [0.1, 0.15) is 25.5 Å². The van der Waals surface area contributed by atoms with Gasteiger partial charge < -0.3 is 10.2 Å². The van der Waals surface area contributed by atoms with Crippen LogP contribution in [0.5, 0.6) is 0 Å². The van der Waals surface area contributed by atoms with Gasteiger partial charge in [0.2, 0.25) is 0 Å². The third-order valence-electron chi connectivity index (χ3n) is 2.41. The molecule has 3 nitrogen and oxygen atoms in total. The molecule has 2 heterocycles. The second kappa shape index (κ2) is 5.27. The van der Waals surface area contributed by atoms with Crippen LogP contribution in [0.3, 0.4) is 0 Å². The molecule has 2 aromatic heterocycles. The highest BCUT2D eigenvalue weighted by atomic mass is 32.1. The lowest BCUT2D eigenvalue weighted by Crippen LogP contribution is -2.22. The fourth-order valence-electron chi connectivity index (χ4n) is 1.66. The van der Waals surface area contributed by atoms with Crippen molar-refractivity contribution in [3.8, 4) is 10.8 Å². The summed E-state index contributed by atoms with van der Waals surface area (Å²) < 4.78 is 5.30. The largest absolute Gasteiger partial charge is 0.462 e. The number of aromatic nitrogens is 1. The average Bonchev–Trinajstić information content (AvgIpc) is 2.86. The van der Waals surface area contributed by atoms with Gasteiger partial charge in [-0.25, -0.2) is 4.98 Å². The summed E-state index contributed by atoms with van der Waals surface area (Å²) in [4.78, 5) is 4.52. The Morgan fingerprint density at radius 2 is 2.44 bits per heavy atom. The molecule has 86 valence electrons. The Kier molecular flexibility index (Phi) is 3.74. The molecular formula is C12H16N2OS. The number of rotatable bonds is 5. The van der Waals surface area contributed by atoms with Crippen molar-refractivity contribution in [3.63, 3.8) is 0 Å². The first-order valence-corrected chi connectivity index (χ1v) is 6.41. The van der Waals surface area contributed by atoms with Crippen molar-refractivity contribution in [1.82, 2.24) is 4.98 Å². The van der Waals surface area contributed by atoms with E-state index in [9.17, 15) is 0 Å². The second-order valence-electron chi connectivity index (χ2n) is 3.87. The number of furan rings is 1. The molecule has 2 aromatic rings. The maximum Gasteiger partial charge on any atom is 0.162 e. The van der Waals surface area contributed by atoms with Crippen LogP contribution < -0.4 is 5.73 Å². The third kappa shape index (κ3) is 2.71. The summed E-state index contributed by atoms with van der Waals surface area (Å²) in [6.07, 6.45) is 4.69. The summed E-state index contributed by atoms with van der Waals surface area (Å²) in [5.74, 6) is 0.834. The monoisotopic (exact) mass is 236 g/mol. The molecule has 0 fully saturated rings. The molecule has 0 spiro atoms. The minimum Gasteiger partial charge on any atom is -0.462 e. The molecule has 0 aliphatic carbocycles. The maximum atomic E-state index is 5.99. The lowest BCUT2D eigenvalue weighted by Gasteiger charge is -2.06. The fraction of sp³-hybridized carbons (Fsp3) is 0.417. The Bertz CT molecular complexity index is 422. The van der Waals surface area contributed by atoms with E-state index in [1.165, 1.54) is 0 Å². The zero-order chi connectivity index (χ0) is 11.4. The van der Waals surface area contributed by atoms with Crippen molar-refractivity contribution < 1.29 is 4.42 Å². The summed E-state index contributed by atoms with van der Waals surface area (Å²) in [6.45, 7) is 2.15. The zero-order valence-electron chi connectivity index (χ0n) is 9.35. The summed E-state index contributed by atoms with van der Waals surface area (Å²) in [5, 5.41) is 3.00. The first kappa shape index (κ1) is 11.4. The van der Waals surface area contributed by atoms with Crippen molar-refractivity contribution in [1.29, 1.82) is 0 Å². The van der Waals surface area contributed by atoms with Gasteiger partial charge in [-0.1, -0.05) is 13.3 Å². The predicted octanol–water partition coefficient (Wildman–Crippen LogP) is 3.07. The van der Waals surface area contributed by atoms with E-state index < -0.39 is 0 Å². The van der Waals surface area contributed by atoms with Crippen molar-refractivity contribution in [3.05, 3.63) is 29.5 Å². The van der Waals surface area contributed by atoms with Gasteiger partial charge in [0, 0.05) is 17.8 Å². The van der Waals surface area contributed by atoms with E-state index in [-0.39, 0.29) is 6.04 Å². The Labute approximate surface area is 99.3 Å². The first-order valence-electron chi connectivity index (χ1n) is 5.53. The maximum absolute atomic E-state index is 5.99. The molecule has 1 atom stereocenters. The summed E-state index contributed by atoms with van der Waals surface area (Å²) in [5.41, 5.74) is 7.05. The Morgan fingerprint density at radius 1 is 1.56 bits per heavy atom. The van der Waals surface area contributed by atoms with Gasteiger partial charge in [-0.15, -0.1) is 11.3 Å². The third-order valence-corrected chi connectivity index (χ3v) is 3.32. The predicted molar refractivity (Wildman–Crippen MR) is 66.4 cm³/mol. The molecule has 0 aliphatic rings. The number of nitrogens with zero attached hydrogens (tertiary/aromatic N) is 1. The van der Waals surface area contributed by atoms with Crippen LogP contribution >= 0.6 is 11.3 Å². The Hall–Kier alpha value is -1.13. The highest BCUT2D eigenvalue weighted by Gasteiger charge is 2.09. The SMILES string of the molecule is CCCC(N)Cc1csc(-c2ccco2)n1. The molecule has 0 saturated heterocycles. The van der Waals surface area contributed by atoms with E-state index in [1.54, 1.807) is 17.6 Å². The molecule has 1 unspecified atom stereocenters. The molecule has 0 radical (unpaired) electrons. The zero-order valence-corrected chi connectivity index (χ0v) is 10.2. The van der Waals surface area contributed by atoms with Crippen molar-refractivity contribution in [2.75, 3.05) is 0 Å². The number of hydrogen-bond acceptors (Lipinski definition) is 4. The fourth-order valence-corrected chi connectivity index (χ4v) is 2.45. The van der Waals surface area contributed by atoms with Crippen molar-refractivity contribution >= 4 is 11.3 Å². The van der Waals surface area contributed by atoms with Gasteiger partial charge in [0.1, 0.15) is 0 Å². The highest BCUT2D eigenvalue weighted by molar-refractivity contribution is 7.13. The number of nitrogens with two attached hydrogens (primary N) is 1. The molecule has 4 heteroatoms. The topological polar surface area (TPSA) is 52.0 Å². The van der Waals surface area contributed by atoms with Gasteiger partial charge in [-0.2, -0.15) is 0 Å². The normalized spacial score (nSPS) is 12.9. The summed E-state index contributed by atoms with van der Waals surface area (Å²) in [7, 11) is 0. The summed E-state index contributed by atoms with van der Waals surface area (Å²) in [6, 6.07) is 4.02. The minimum atomic E-state index is 0.219. The van der Waals surface area contributed by atoms with Gasteiger partial charge in [-0.05, 0) is 18.6 Å². The molecular weight excluding hydrogens is 220 g/mol. The molecule has 2 N–H and O–H groups in total. The number of hydrogen-bond donors (Lipinski definition) is 1. The molecule has 0 aliphatic heterocycles. The first-order chi connectivity index (χ1) is 7.79. The van der Waals surface area contributed by atoms with E-state index in [1.807, 2.05) is 12.1 Å². The minimum absolute atomic E-state index is 0.219. The summed E-state index contributed by atoms with van der Waals surface area (Å²) >= 11 is 1.61. The van der Waals surface area contributed by atoms with E-state index in [0.29, 0.717) is 0 Å². The smallest absolute Gasteiger partial charge is 0.162 e. The van der Waals surface area contributed by atoms with Crippen molar-refractivity contribution in [2.45, 2.75) is 32.2 Å². The van der Waals surface area contributed by atoms with E-state index in [0.717, 1.165) is 35.7 Å². The lowest BCUT2D eigenvalue weighted by molar-refractivity contribution is 0.579. The van der Waals surface area contributed by atoms with Crippen LogP contribution in [0, 0.1) is 0 Å². The van der Waals surface area contributed by atoms with Crippen LogP contribution in [0.25, 0.3) is 10.8 Å². The van der Waals surface area contributed by atoms with E-state index in [2.05, 4.69) is 17.3 Å². The van der Waals surface area contributed by atoms with Crippen molar-refractivity contribution in [2.24, 2.45) is 5.73 Å².